The molecule has 0 saturated heterocycles. The minimum absolute atomic E-state index is 0.201. The summed E-state index contributed by atoms with van der Waals surface area (Å²) in [5, 5.41) is 2.91. The molecule has 0 spiro atoms. The van der Waals surface area contributed by atoms with E-state index < -0.39 is 11.6 Å². The van der Waals surface area contributed by atoms with Crippen molar-refractivity contribution in [1.29, 1.82) is 0 Å². The van der Waals surface area contributed by atoms with E-state index in [0.29, 0.717) is 23.6 Å². The summed E-state index contributed by atoms with van der Waals surface area (Å²) < 4.78 is 26.2. The van der Waals surface area contributed by atoms with Crippen LogP contribution in [0.2, 0.25) is 0 Å². The molecule has 3 rings (SSSR count). The number of hydrogen-bond acceptors (Lipinski definition) is 3. The van der Waals surface area contributed by atoms with E-state index in [0.717, 1.165) is 17.7 Å². The molecule has 0 aliphatic rings. The van der Waals surface area contributed by atoms with Gasteiger partial charge in [-0.2, -0.15) is 0 Å². The first kappa shape index (κ1) is 17.5. The Morgan fingerprint density at radius 2 is 1.73 bits per heavy atom. The summed E-state index contributed by atoms with van der Waals surface area (Å²) in [6.45, 7) is 0.482. The molecule has 0 aliphatic carbocycles. The van der Waals surface area contributed by atoms with Crippen LogP contribution >= 0.6 is 0 Å². The molecule has 4 nitrogen and oxygen atoms in total. The second-order valence-corrected chi connectivity index (χ2v) is 5.83. The highest BCUT2D eigenvalue weighted by molar-refractivity contribution is 5.92. The number of carbonyl (C=O) groups excluding carboxylic acids is 1. The Labute approximate surface area is 150 Å². The number of anilines is 2. The van der Waals surface area contributed by atoms with Crippen molar-refractivity contribution >= 4 is 17.3 Å². The maximum Gasteiger partial charge on any atom is 0.272 e. The zero-order valence-electron chi connectivity index (χ0n) is 14.1. The fourth-order valence-electron chi connectivity index (χ4n) is 2.46. The fourth-order valence-corrected chi connectivity index (χ4v) is 2.46. The smallest absolute Gasteiger partial charge is 0.272 e. The van der Waals surface area contributed by atoms with Gasteiger partial charge in [-0.05, 0) is 29.8 Å². The van der Waals surface area contributed by atoms with E-state index in [1.807, 2.05) is 30.3 Å². The van der Waals surface area contributed by atoms with Crippen LogP contribution in [0, 0.1) is 11.6 Å². The molecule has 1 N–H and O–H groups in total. The first-order valence-corrected chi connectivity index (χ1v) is 8.00. The van der Waals surface area contributed by atoms with Crippen LogP contribution < -0.4 is 5.32 Å². The Hall–Kier alpha value is -3.28. The van der Waals surface area contributed by atoms with Crippen molar-refractivity contribution in [2.45, 2.75) is 6.54 Å². The van der Waals surface area contributed by atoms with E-state index in [1.165, 1.54) is 12.3 Å². The highest BCUT2D eigenvalue weighted by Crippen LogP contribution is 2.19. The van der Waals surface area contributed by atoms with Gasteiger partial charge in [0.25, 0.3) is 5.91 Å². The number of aromatic nitrogens is 1. The standard InChI is InChI=1S/C20H17F2N3O/c1-25(13-14-5-3-2-4-6-14)20(26)19-10-8-16(12-23-19)24-15-7-9-17(21)18(22)11-15/h2-12,24H,13H2,1H3. The molecule has 132 valence electrons. The topological polar surface area (TPSA) is 45.2 Å². The summed E-state index contributed by atoms with van der Waals surface area (Å²) >= 11 is 0. The lowest BCUT2D eigenvalue weighted by Crippen LogP contribution is -2.26. The van der Waals surface area contributed by atoms with Gasteiger partial charge in [-0.1, -0.05) is 30.3 Å². The molecular formula is C20H17F2N3O. The number of nitrogens with one attached hydrogen (secondary N) is 1. The Bertz CT molecular complexity index is 899. The van der Waals surface area contributed by atoms with Crippen molar-refractivity contribution in [3.05, 3.63) is 89.8 Å². The number of halogens is 2. The second kappa shape index (κ2) is 7.74. The zero-order chi connectivity index (χ0) is 18.5. The monoisotopic (exact) mass is 353 g/mol. The summed E-state index contributed by atoms with van der Waals surface area (Å²) in [5.74, 6) is -2.04. The number of hydrogen-bond donors (Lipinski definition) is 1. The van der Waals surface area contributed by atoms with Crippen LogP contribution in [0.15, 0.2) is 66.9 Å². The number of rotatable bonds is 5. The Balaban J connectivity index is 1.66. The largest absolute Gasteiger partial charge is 0.354 e. The van der Waals surface area contributed by atoms with Crippen LogP contribution in [0.3, 0.4) is 0 Å². The molecule has 0 unspecified atom stereocenters. The van der Waals surface area contributed by atoms with Gasteiger partial charge in [-0.25, -0.2) is 13.8 Å². The van der Waals surface area contributed by atoms with Gasteiger partial charge in [0.05, 0.1) is 11.9 Å². The Kier molecular flexibility index (Phi) is 5.22. The predicted octanol–water partition coefficient (Wildman–Crippen LogP) is 4.38. The molecule has 0 saturated carbocycles. The van der Waals surface area contributed by atoms with Crippen LogP contribution in [0.25, 0.3) is 0 Å². The number of carbonyl (C=O) groups is 1. The zero-order valence-corrected chi connectivity index (χ0v) is 14.1. The van der Waals surface area contributed by atoms with Crippen molar-refractivity contribution < 1.29 is 13.6 Å². The van der Waals surface area contributed by atoms with Crippen molar-refractivity contribution in [1.82, 2.24) is 9.88 Å². The molecule has 2 aromatic carbocycles. The average molecular weight is 353 g/mol. The summed E-state index contributed by atoms with van der Waals surface area (Å²) in [6, 6.07) is 16.4. The minimum Gasteiger partial charge on any atom is -0.354 e. The Morgan fingerprint density at radius 1 is 1.00 bits per heavy atom. The van der Waals surface area contributed by atoms with Crippen molar-refractivity contribution in [3.63, 3.8) is 0 Å². The van der Waals surface area contributed by atoms with Gasteiger partial charge in [0, 0.05) is 25.3 Å². The van der Waals surface area contributed by atoms with Crippen molar-refractivity contribution in [2.75, 3.05) is 12.4 Å². The molecular weight excluding hydrogens is 336 g/mol. The SMILES string of the molecule is CN(Cc1ccccc1)C(=O)c1ccc(Nc2ccc(F)c(F)c2)cn1. The highest BCUT2D eigenvalue weighted by atomic mass is 19.2. The minimum atomic E-state index is -0.933. The third-order valence-corrected chi connectivity index (χ3v) is 3.80. The van der Waals surface area contributed by atoms with E-state index >= 15 is 0 Å². The van der Waals surface area contributed by atoms with Crippen LogP contribution in [-0.2, 0) is 6.54 Å². The van der Waals surface area contributed by atoms with Gasteiger partial charge in [0.1, 0.15) is 5.69 Å². The maximum absolute atomic E-state index is 13.2. The quantitative estimate of drug-likeness (QED) is 0.741. The van der Waals surface area contributed by atoms with E-state index in [4.69, 9.17) is 0 Å². The number of pyridine rings is 1. The van der Waals surface area contributed by atoms with Crippen LogP contribution in [0.1, 0.15) is 16.1 Å². The molecule has 1 amide bonds. The van der Waals surface area contributed by atoms with E-state index in [1.54, 1.807) is 24.1 Å². The van der Waals surface area contributed by atoms with Crippen molar-refractivity contribution in [2.24, 2.45) is 0 Å². The average Bonchev–Trinajstić information content (AvgIpc) is 2.65. The molecule has 0 atom stereocenters. The van der Waals surface area contributed by atoms with E-state index in [9.17, 15) is 13.6 Å². The molecule has 0 aliphatic heterocycles. The molecule has 0 fully saturated rings. The third kappa shape index (κ3) is 4.22. The summed E-state index contributed by atoms with van der Waals surface area (Å²) in [4.78, 5) is 18.2. The predicted molar refractivity (Wildman–Crippen MR) is 96.1 cm³/mol. The lowest BCUT2D eigenvalue weighted by Gasteiger charge is -2.17. The molecule has 1 aromatic heterocycles. The molecule has 26 heavy (non-hydrogen) atoms. The summed E-state index contributed by atoms with van der Waals surface area (Å²) in [6.07, 6.45) is 1.48. The molecule has 0 bridgehead atoms. The van der Waals surface area contributed by atoms with Crippen molar-refractivity contribution in [3.8, 4) is 0 Å². The molecule has 6 heteroatoms. The van der Waals surface area contributed by atoms with E-state index in [2.05, 4.69) is 10.3 Å². The molecule has 0 radical (unpaired) electrons. The lowest BCUT2D eigenvalue weighted by atomic mass is 10.2. The first-order valence-electron chi connectivity index (χ1n) is 8.00. The van der Waals surface area contributed by atoms with Crippen LogP contribution in [0.4, 0.5) is 20.2 Å². The van der Waals surface area contributed by atoms with Gasteiger partial charge in [-0.3, -0.25) is 4.79 Å². The summed E-state index contributed by atoms with van der Waals surface area (Å²) in [5.41, 5.74) is 2.29. The molecule has 3 aromatic rings. The first-order chi connectivity index (χ1) is 12.5. The fraction of sp³-hybridized carbons (Fsp3) is 0.100. The van der Waals surface area contributed by atoms with Gasteiger partial charge in [0.15, 0.2) is 11.6 Å². The third-order valence-electron chi connectivity index (χ3n) is 3.80. The maximum atomic E-state index is 13.2. The van der Waals surface area contributed by atoms with Gasteiger partial charge in [-0.15, -0.1) is 0 Å². The highest BCUT2D eigenvalue weighted by Gasteiger charge is 2.13. The van der Waals surface area contributed by atoms with Crippen LogP contribution in [-0.4, -0.2) is 22.8 Å². The van der Waals surface area contributed by atoms with Gasteiger partial charge >= 0.3 is 0 Å². The number of nitrogens with zero attached hydrogens (tertiary/aromatic N) is 2. The molecule has 1 heterocycles. The Morgan fingerprint density at radius 3 is 2.38 bits per heavy atom. The van der Waals surface area contributed by atoms with Crippen LogP contribution in [0.5, 0.6) is 0 Å². The van der Waals surface area contributed by atoms with Gasteiger partial charge in [0.2, 0.25) is 0 Å². The number of benzene rings is 2. The van der Waals surface area contributed by atoms with Gasteiger partial charge < -0.3 is 10.2 Å². The second-order valence-electron chi connectivity index (χ2n) is 5.83. The number of amides is 1. The summed E-state index contributed by atoms with van der Waals surface area (Å²) in [7, 11) is 1.71. The van der Waals surface area contributed by atoms with E-state index in [-0.39, 0.29) is 5.91 Å². The lowest BCUT2D eigenvalue weighted by molar-refractivity contribution is 0.0779. The normalized spacial score (nSPS) is 10.4.